The molecule has 0 saturated heterocycles. The van der Waals surface area contributed by atoms with Crippen LogP contribution in [0.3, 0.4) is 0 Å². The zero-order valence-corrected chi connectivity index (χ0v) is 28.5. The average molecular weight is 688 g/mol. The molecule has 0 unspecified atom stereocenters. The van der Waals surface area contributed by atoms with Crippen molar-refractivity contribution in [1.82, 2.24) is 58.5 Å². The zero-order valence-electron chi connectivity index (χ0n) is 27.7. The molecular formula is C26H57N17O3S. The number of hydrogen-bond donors (Lipinski definition) is 17. The summed E-state index contributed by atoms with van der Waals surface area (Å²) in [5, 5.41) is 53.0. The van der Waals surface area contributed by atoms with E-state index >= 15 is 0 Å². The summed E-state index contributed by atoms with van der Waals surface area (Å²) in [7, 11) is 1.69. The quantitative estimate of drug-likeness (QED) is 0.0239. The summed E-state index contributed by atoms with van der Waals surface area (Å²) in [5.41, 5.74) is 15.9. The highest BCUT2D eigenvalue weighted by atomic mass is 32.1. The van der Waals surface area contributed by atoms with Gasteiger partial charge in [-0.15, -0.1) is 0 Å². The van der Waals surface area contributed by atoms with Crippen LogP contribution in [0.1, 0.15) is 52.4 Å². The Bertz CT molecular complexity index is 1000. The molecule has 20 nitrogen and oxygen atoms in total. The van der Waals surface area contributed by atoms with E-state index in [-0.39, 0.29) is 55.6 Å². The monoisotopic (exact) mass is 687 g/mol. The van der Waals surface area contributed by atoms with E-state index in [2.05, 4.69) is 58.5 Å². The largest absolute Gasteiger partial charge is 0.370 e. The maximum absolute atomic E-state index is 12.7. The van der Waals surface area contributed by atoms with Gasteiger partial charge in [-0.25, -0.2) is 14.4 Å². The first-order valence-electron chi connectivity index (χ1n) is 15.6. The molecule has 0 aliphatic heterocycles. The molecule has 6 amide bonds. The first-order valence-corrected chi connectivity index (χ1v) is 16.0. The Morgan fingerprint density at radius 2 is 0.957 bits per heavy atom. The Hall–Kier alpha value is -4.69. The molecule has 0 spiro atoms. The molecule has 0 aromatic rings. The Morgan fingerprint density at radius 1 is 0.574 bits per heavy atom. The third kappa shape index (κ3) is 26.3. The predicted octanol–water partition coefficient (Wildman–Crippen LogP) is -2.72. The molecule has 0 aliphatic rings. The van der Waals surface area contributed by atoms with Gasteiger partial charge in [-0.05, 0) is 64.6 Å². The molecule has 0 radical (unpaired) electrons. The summed E-state index contributed by atoms with van der Waals surface area (Å²) in [5.74, 6) is -0.362. The van der Waals surface area contributed by atoms with Gasteiger partial charge in [0.15, 0.2) is 23.0 Å². The molecule has 47 heavy (non-hydrogen) atoms. The van der Waals surface area contributed by atoms with Crippen LogP contribution in [0.15, 0.2) is 0 Å². The van der Waals surface area contributed by atoms with Gasteiger partial charge in [0.2, 0.25) is 0 Å². The van der Waals surface area contributed by atoms with Crippen LogP contribution in [-0.4, -0.2) is 112 Å². The van der Waals surface area contributed by atoms with Crippen LogP contribution in [0, 0.1) is 16.2 Å². The fourth-order valence-corrected chi connectivity index (χ4v) is 4.24. The van der Waals surface area contributed by atoms with Crippen molar-refractivity contribution in [3.63, 3.8) is 0 Å². The Balaban J connectivity index is 4.74. The van der Waals surface area contributed by atoms with Gasteiger partial charge in [-0.3, -0.25) is 16.2 Å². The lowest BCUT2D eigenvalue weighted by Crippen LogP contribution is -2.53. The molecule has 0 rings (SSSR count). The second-order valence-corrected chi connectivity index (χ2v) is 11.3. The third-order valence-corrected chi connectivity index (χ3v) is 6.78. The molecule has 0 saturated carbocycles. The summed E-state index contributed by atoms with van der Waals surface area (Å²) in [4.78, 5) is 37.6. The number of nitrogens with one attached hydrogen (secondary N) is 14. The van der Waals surface area contributed by atoms with Crippen molar-refractivity contribution in [2.75, 3.05) is 46.3 Å². The highest BCUT2D eigenvalue weighted by molar-refractivity contribution is 7.80. The van der Waals surface area contributed by atoms with Gasteiger partial charge in [0.05, 0.1) is 0 Å². The summed E-state index contributed by atoms with van der Waals surface area (Å²) in [6, 6.07) is -2.37. The summed E-state index contributed by atoms with van der Waals surface area (Å²) in [6.45, 7) is 5.66. The minimum atomic E-state index is -0.471. The Labute approximate surface area is 282 Å². The fraction of sp³-hybridized carbons (Fsp3) is 0.731. The number of hydrogen-bond acceptors (Lipinski definition) is 7. The molecule has 0 aromatic heterocycles. The van der Waals surface area contributed by atoms with Crippen molar-refractivity contribution >= 4 is 53.3 Å². The minimum absolute atomic E-state index is 0.0998. The first kappa shape index (κ1) is 42.3. The zero-order chi connectivity index (χ0) is 35.6. The summed E-state index contributed by atoms with van der Waals surface area (Å²) in [6.07, 6.45) is 3.81. The highest BCUT2D eigenvalue weighted by Crippen LogP contribution is 1.99. The van der Waals surface area contributed by atoms with Crippen molar-refractivity contribution in [3.05, 3.63) is 0 Å². The number of guanidine groups is 3. The maximum Gasteiger partial charge on any atom is 0.315 e. The molecule has 20 N–H and O–H groups in total. The number of nitrogens with two attached hydrogens (primary N) is 3. The van der Waals surface area contributed by atoms with Crippen LogP contribution < -0.4 is 75.7 Å². The van der Waals surface area contributed by atoms with E-state index in [1.807, 2.05) is 6.92 Å². The molecular weight excluding hydrogens is 630 g/mol. The lowest BCUT2D eigenvalue weighted by atomic mass is 10.1. The summed E-state index contributed by atoms with van der Waals surface area (Å²) >= 11 is 5.18. The Kier molecular flexibility index (Phi) is 23.0. The van der Waals surface area contributed by atoms with Gasteiger partial charge in [-0.2, -0.15) is 0 Å². The van der Waals surface area contributed by atoms with Crippen molar-refractivity contribution in [1.29, 1.82) is 16.2 Å². The lowest BCUT2D eigenvalue weighted by molar-refractivity contribution is 0.227. The van der Waals surface area contributed by atoms with Gasteiger partial charge in [0, 0.05) is 70.5 Å². The smallest absolute Gasteiger partial charge is 0.315 e. The van der Waals surface area contributed by atoms with Gasteiger partial charge in [0.1, 0.15) is 0 Å². The van der Waals surface area contributed by atoms with E-state index in [0.29, 0.717) is 63.3 Å². The predicted molar refractivity (Wildman–Crippen MR) is 188 cm³/mol. The van der Waals surface area contributed by atoms with Crippen LogP contribution in [0.4, 0.5) is 14.4 Å². The lowest BCUT2D eigenvalue weighted by Gasteiger charge is -2.23. The highest BCUT2D eigenvalue weighted by Gasteiger charge is 2.17. The van der Waals surface area contributed by atoms with Gasteiger partial charge >= 0.3 is 18.1 Å². The third-order valence-electron chi connectivity index (χ3n) is 6.46. The average Bonchev–Trinajstić information content (AvgIpc) is 2.99. The normalized spacial score (nSPS) is 12.8. The van der Waals surface area contributed by atoms with Gasteiger partial charge in [0.25, 0.3) is 0 Å². The molecule has 21 heteroatoms. The minimum Gasteiger partial charge on any atom is -0.370 e. The number of amides is 6. The fourth-order valence-electron chi connectivity index (χ4n) is 4.07. The van der Waals surface area contributed by atoms with Crippen LogP contribution in [0.2, 0.25) is 0 Å². The van der Waals surface area contributed by atoms with E-state index in [4.69, 9.17) is 45.6 Å². The standard InChI is InChI=1S/C26H57N17O3S/c1-16(7-4-10-34-20(27)28)40-23(44)38-14-18(8-5-11-35-21(29)30)42-25(46)37-13-17(2)41-24(45)39-15-19(43-26(47)33-3)9-6-12-36-22(31)32/h16-19H,4-15H2,1-3H3,(H4,27,28,34)(H4,29,30,35)(H4,31,32,36)(H2,33,43,47)(H2,37,42,46)(H2,38,40,44)(H2,39,41,45)/t16-,17+,18+,19+/m1/s1. The molecule has 0 heterocycles. The molecule has 270 valence electrons. The van der Waals surface area contributed by atoms with Crippen molar-refractivity contribution in [2.24, 2.45) is 17.2 Å². The topological polar surface area (TPSA) is 333 Å². The Morgan fingerprint density at radius 3 is 1.40 bits per heavy atom. The SMILES string of the molecule is CNC(=S)N[C@@H](CCCNC(=N)N)CNC(=O)N[C@@H](C)CNC(=O)N[C@@H](CCCNC(=N)N)CNC(=O)N[C@H](C)CCCNC(=N)N. The van der Waals surface area contributed by atoms with Gasteiger partial charge in [-0.1, -0.05) is 0 Å². The van der Waals surface area contributed by atoms with Crippen molar-refractivity contribution in [3.8, 4) is 0 Å². The van der Waals surface area contributed by atoms with Crippen molar-refractivity contribution < 1.29 is 14.4 Å². The molecule has 0 bridgehead atoms. The maximum atomic E-state index is 12.7. The number of thiocarbonyl (C=S) groups is 1. The van der Waals surface area contributed by atoms with Crippen LogP contribution in [0.5, 0.6) is 0 Å². The van der Waals surface area contributed by atoms with Gasteiger partial charge < -0.3 is 75.7 Å². The second kappa shape index (κ2) is 25.5. The molecule has 0 aromatic carbocycles. The van der Waals surface area contributed by atoms with E-state index < -0.39 is 24.1 Å². The van der Waals surface area contributed by atoms with Crippen LogP contribution in [-0.2, 0) is 0 Å². The second-order valence-electron chi connectivity index (χ2n) is 10.9. The summed E-state index contributed by atoms with van der Waals surface area (Å²) < 4.78 is 0. The van der Waals surface area contributed by atoms with Crippen LogP contribution in [0.25, 0.3) is 0 Å². The molecule has 0 aliphatic carbocycles. The van der Waals surface area contributed by atoms with E-state index in [1.54, 1.807) is 14.0 Å². The van der Waals surface area contributed by atoms with E-state index in [0.717, 1.165) is 0 Å². The van der Waals surface area contributed by atoms with E-state index in [9.17, 15) is 14.4 Å². The first-order chi connectivity index (χ1) is 22.2. The number of urea groups is 3. The number of rotatable bonds is 22. The van der Waals surface area contributed by atoms with E-state index in [1.165, 1.54) is 0 Å². The van der Waals surface area contributed by atoms with Crippen molar-refractivity contribution in [2.45, 2.75) is 76.5 Å². The van der Waals surface area contributed by atoms with Crippen LogP contribution >= 0.6 is 12.2 Å². The number of carbonyl (C=O) groups is 3. The number of carbonyl (C=O) groups excluding carboxylic acids is 3. The molecule has 0 fully saturated rings. The molecule has 4 atom stereocenters.